The van der Waals surface area contributed by atoms with E-state index in [0.717, 1.165) is 54.6 Å². The maximum absolute atomic E-state index is 13.1. The molecule has 0 bridgehead atoms. The zero-order chi connectivity index (χ0) is 66.2. The highest BCUT2D eigenvalue weighted by atomic mass is 32.2. The molecule has 0 aliphatic rings. The molecule has 88 heavy (non-hydrogen) atoms. The van der Waals surface area contributed by atoms with Crippen LogP contribution in [0.25, 0.3) is 21.5 Å². The van der Waals surface area contributed by atoms with Crippen molar-refractivity contribution >= 4 is 157 Å². The van der Waals surface area contributed by atoms with Gasteiger partial charge in [-0.15, -0.1) is 61.1 Å². The van der Waals surface area contributed by atoms with Gasteiger partial charge in [-0.1, -0.05) is 13.0 Å². The molecule has 45 heteroatoms. The van der Waals surface area contributed by atoms with Crippen molar-refractivity contribution in [3.63, 3.8) is 0 Å². The van der Waals surface area contributed by atoms with Crippen LogP contribution in [0, 0.1) is 17.0 Å². The minimum Gasteiger partial charge on any atom is -0.505 e. The smallest absolute Gasteiger partial charge is 0.425 e. The highest BCUT2D eigenvalue weighted by Gasteiger charge is 2.29. The van der Waals surface area contributed by atoms with E-state index in [4.69, 9.17) is 45.6 Å². The van der Waals surface area contributed by atoms with E-state index in [2.05, 4.69) is 40.9 Å². The van der Waals surface area contributed by atoms with E-state index in [0.29, 0.717) is 24.6 Å². The summed E-state index contributed by atoms with van der Waals surface area (Å²) < 4.78 is 227. The van der Waals surface area contributed by atoms with Crippen molar-refractivity contribution in [1.29, 1.82) is 0 Å². The number of carbonyl (C=O) groups is 1. The van der Waals surface area contributed by atoms with E-state index in [-0.39, 0.29) is 47.2 Å². The number of phenolic OH excluding ortho intramolecular Hbond substituents is 2. The number of nitrogens with two attached hydrogens (primary N) is 2. The molecule has 0 unspecified atom stereocenters. The van der Waals surface area contributed by atoms with E-state index in [1.165, 1.54) is 19.1 Å². The van der Waals surface area contributed by atoms with Gasteiger partial charge in [0.1, 0.15) is 65.1 Å². The molecule has 7 aromatic carbocycles. The molecule has 38 nitrogen and oxygen atoms in total. The first kappa shape index (κ1) is 69.1. The minimum atomic E-state index is -5.60. The number of benzene rings is 7. The van der Waals surface area contributed by atoms with Gasteiger partial charge >= 0.3 is 21.2 Å². The lowest BCUT2D eigenvalue weighted by Crippen LogP contribution is -2.12. The van der Waals surface area contributed by atoms with Crippen molar-refractivity contribution < 1.29 is 115 Å². The first-order chi connectivity index (χ1) is 40.7. The Kier molecular flexibility index (Phi) is 21.5. The van der Waals surface area contributed by atoms with Crippen LogP contribution >= 0.6 is 0 Å². The lowest BCUT2D eigenvalue weighted by Gasteiger charge is -2.14. The number of non-ortho nitro benzene ring substituents is 1. The Morgan fingerprint density at radius 2 is 1.07 bits per heavy atom. The third kappa shape index (κ3) is 17.1. The molecule has 466 valence electrons. The Morgan fingerprint density at radius 3 is 1.62 bits per heavy atom. The Morgan fingerprint density at radius 1 is 0.557 bits per heavy atom. The van der Waals surface area contributed by atoms with Gasteiger partial charge in [0, 0.05) is 40.4 Å². The van der Waals surface area contributed by atoms with Crippen molar-refractivity contribution in [2.75, 3.05) is 12.3 Å². The van der Waals surface area contributed by atoms with Crippen molar-refractivity contribution in [3.8, 4) is 23.0 Å². The highest BCUT2D eigenvalue weighted by Crippen LogP contribution is 2.49. The van der Waals surface area contributed by atoms with Crippen LogP contribution in [0.15, 0.2) is 150 Å². The number of phenols is 2. The van der Waals surface area contributed by atoms with Gasteiger partial charge in [0.2, 0.25) is 10.0 Å². The first-order valence-corrected chi connectivity index (χ1v) is 31.9. The number of rotatable bonds is 19. The zero-order valence-corrected chi connectivity index (χ0v) is 49.1. The van der Waals surface area contributed by atoms with E-state index in [1.807, 2.05) is 0 Å². The molecule has 0 amide bonds. The number of anilines is 1. The van der Waals surface area contributed by atoms with Gasteiger partial charge in [-0.05, 0) is 73.5 Å². The molecule has 0 saturated heterocycles. The summed E-state index contributed by atoms with van der Waals surface area (Å²) in [5.41, 5.74) is 1.05. The minimum absolute atomic E-state index is 0.0119. The molecule has 7 rings (SSSR count). The molecule has 0 aliphatic heterocycles. The second-order valence-corrected chi connectivity index (χ2v) is 24.5. The van der Waals surface area contributed by atoms with Gasteiger partial charge in [0.05, 0.1) is 33.2 Å². The number of ether oxygens (including phenoxy) is 2. The molecule has 0 aromatic heterocycles. The fourth-order valence-electron chi connectivity index (χ4n) is 7.28. The Hall–Kier alpha value is -9.68. The number of nitrogen functional groups attached to an aromatic ring is 1. The molecule has 0 fully saturated rings. The van der Waals surface area contributed by atoms with Crippen molar-refractivity contribution in [2.45, 2.75) is 44.7 Å². The summed E-state index contributed by atoms with van der Waals surface area (Å²) in [6, 6.07) is 12.5. The molecule has 0 heterocycles. The molecule has 0 atom stereocenters. The van der Waals surface area contributed by atoms with Gasteiger partial charge in [0.15, 0.2) is 17.2 Å². The summed E-state index contributed by atoms with van der Waals surface area (Å²) in [7, 11) is -32.0. The molecule has 10 N–H and O–H groups in total. The van der Waals surface area contributed by atoms with Crippen LogP contribution in [0.5, 0.6) is 23.0 Å². The quantitative estimate of drug-likeness (QED) is 0.0103. The van der Waals surface area contributed by atoms with Gasteiger partial charge in [-0.2, -0.15) is 38.8 Å². The lowest BCUT2D eigenvalue weighted by molar-refractivity contribution is -0.385. The number of fused-ring (bicyclic) bond motifs is 2. The summed E-state index contributed by atoms with van der Waals surface area (Å²) in [4.78, 5) is 16.3. The van der Waals surface area contributed by atoms with E-state index in [9.17, 15) is 85.4 Å². The van der Waals surface area contributed by atoms with Crippen LogP contribution in [0.1, 0.15) is 18.9 Å². The summed E-state index contributed by atoms with van der Waals surface area (Å²) in [6.07, 6.45) is 0.431. The average Bonchev–Trinajstić information content (AvgIpc) is 1.07. The zero-order valence-electron chi connectivity index (χ0n) is 43.4. The number of sulfonamides is 1. The fourth-order valence-corrected chi connectivity index (χ4v) is 10.6. The number of hydrogen-bond donors (Lipinski definition) is 8. The Labute approximate surface area is 495 Å². The number of azo groups is 4. The standard InChI is InChI=1S/C43H35N11O21S5.2O3S/c1-3-12-74-34-17-30(50-46-26-9-5-22(76(45,60)61)15-33(26)75-19-55)20(2)13-31(34)51-53-40-37(79(68,69)70)16-25-23(41(40)56)6-11-29(43(25)80(71,72)73)49-52-32-18-35(77(62,63)64)24-7-10-28(42(57)38(24)39(32)44)48-47-27-8-4-21(54(58)59)14-36(27)78(65,66)67;2*1-4(2)3/h4-11,13-19,56-57H,3,12,44H2,1-2H3,(H2,45,60,61)(H,62,63,64)(H,65,66,67)(H,68,69,70)(H,71,72,73);;. The van der Waals surface area contributed by atoms with Crippen LogP contribution in [0.4, 0.5) is 56.9 Å². The van der Waals surface area contributed by atoms with Gasteiger partial charge < -0.3 is 25.4 Å². The van der Waals surface area contributed by atoms with Crippen molar-refractivity contribution in [1.82, 2.24) is 0 Å². The van der Waals surface area contributed by atoms with Gasteiger partial charge in [-0.25, -0.2) is 13.6 Å². The number of hydrogen-bond acceptors (Lipinski definition) is 32. The number of nitro groups is 1. The molecular formula is C43H35N11O27S7. The summed E-state index contributed by atoms with van der Waals surface area (Å²) in [5, 5.41) is 67.6. The van der Waals surface area contributed by atoms with Crippen LogP contribution in [-0.2, 0) is 76.5 Å². The largest absolute Gasteiger partial charge is 0.505 e. The molecule has 0 radical (unpaired) electrons. The number of nitro benzene ring substituents is 1. The van der Waals surface area contributed by atoms with E-state index < -0.39 is 174 Å². The number of carbonyl (C=O) groups excluding carboxylic acids is 1. The van der Waals surface area contributed by atoms with Gasteiger partial charge in [0.25, 0.3) is 52.6 Å². The molecule has 0 aliphatic carbocycles. The summed E-state index contributed by atoms with van der Waals surface area (Å²) >= 11 is 0. The molecule has 0 spiro atoms. The monoisotopic (exact) mass is 1360 g/mol. The van der Waals surface area contributed by atoms with Crippen molar-refractivity contribution in [3.05, 3.63) is 101 Å². The second kappa shape index (κ2) is 27.4. The van der Waals surface area contributed by atoms with Crippen LogP contribution in [-0.4, -0.2) is 114 Å². The van der Waals surface area contributed by atoms with Crippen LogP contribution in [0.2, 0.25) is 0 Å². The number of aromatic hydroxyl groups is 2. The summed E-state index contributed by atoms with van der Waals surface area (Å²) in [6.45, 7) is 3.31. The average molecular weight is 1360 g/mol. The lowest BCUT2D eigenvalue weighted by atomic mass is 10.1. The fraction of sp³-hybridized carbons (Fsp3) is 0.0930. The maximum atomic E-state index is 13.1. The van der Waals surface area contributed by atoms with E-state index >= 15 is 0 Å². The topological polar surface area (TPSA) is 624 Å². The first-order valence-electron chi connectivity index (χ1n) is 22.5. The second-order valence-electron chi connectivity index (χ2n) is 16.6. The van der Waals surface area contributed by atoms with E-state index in [1.54, 1.807) is 6.92 Å². The molecule has 0 saturated carbocycles. The number of aryl methyl sites for hydroxylation is 1. The molecule has 7 aromatic rings. The third-order valence-corrected chi connectivity index (χ3v) is 15.4. The summed E-state index contributed by atoms with van der Waals surface area (Å²) in [5.74, 6) is -2.58. The predicted molar refractivity (Wildman–Crippen MR) is 296 cm³/mol. The van der Waals surface area contributed by atoms with Crippen molar-refractivity contribution in [2.24, 2.45) is 46.1 Å². The predicted octanol–water partition coefficient (Wildman–Crippen LogP) is 6.81. The highest BCUT2D eigenvalue weighted by molar-refractivity contribution is 7.89. The number of primary sulfonamides is 1. The molecular weight excluding hydrogens is 1330 g/mol. The third-order valence-electron chi connectivity index (χ3n) is 10.9. The van der Waals surface area contributed by atoms with Crippen LogP contribution in [0.3, 0.4) is 0 Å². The Bertz CT molecular complexity index is 4990. The number of nitrogens with zero attached hydrogens (tertiary/aromatic N) is 9. The Balaban J connectivity index is 0.00000166. The van der Waals surface area contributed by atoms with Gasteiger partial charge in [-0.3, -0.25) is 33.1 Å². The van der Waals surface area contributed by atoms with Crippen LogP contribution < -0.4 is 20.3 Å². The maximum Gasteiger partial charge on any atom is 0.425 e. The normalized spacial score (nSPS) is 12.3. The SMILES string of the molecule is CCCOc1cc(N=Nc2ccc(S(N)(=O)=O)cc2OC=O)c(C)cc1N=Nc1c(S(=O)(=O)O)cc2c(S(=O)(=O)O)c(N=Nc3cc(S(=O)(=O)O)c4ccc(N=Nc5ccc([N+](=O)[O-])cc5S(=O)(=O)O)c(O)c4c3N)ccc2c1O.O=S(=O)=O.O=S(=O)=O.